The minimum atomic E-state index is -1.94. The van der Waals surface area contributed by atoms with Gasteiger partial charge < -0.3 is 50.3 Å². The van der Waals surface area contributed by atoms with Crippen LogP contribution in [-0.4, -0.2) is 148 Å². The molecule has 20 nitrogen and oxygen atoms in total. The summed E-state index contributed by atoms with van der Waals surface area (Å²) in [5, 5.41) is 45.1. The lowest BCUT2D eigenvalue weighted by molar-refractivity contribution is -0.911. The van der Waals surface area contributed by atoms with Crippen molar-refractivity contribution in [1.82, 2.24) is 24.7 Å². The first-order chi connectivity index (χ1) is 25.2. The Morgan fingerprint density at radius 3 is 2.51 bits per heavy atom. The molecule has 0 bridgehead atoms. The van der Waals surface area contributed by atoms with Crippen LogP contribution in [0.4, 0.5) is 5.13 Å². The van der Waals surface area contributed by atoms with E-state index in [2.05, 4.69) is 15.5 Å². The van der Waals surface area contributed by atoms with Gasteiger partial charge in [0.25, 0.3) is 17.7 Å². The van der Waals surface area contributed by atoms with Crippen LogP contribution in [-0.2, 0) is 35.4 Å². The minimum Gasteiger partial charge on any atom is -0.503 e. The Balaban J connectivity index is 1.17. The number of rotatable bonds is 14. The molecular weight excluding hydrogens is 741 g/mol. The van der Waals surface area contributed by atoms with E-state index in [4.69, 9.17) is 15.7 Å². The number of β-lactam (4-membered cyclic amide) rings is 1. The molecule has 4 aliphatic heterocycles. The molecular formula is C31H35N8O12S2+. The highest BCUT2D eigenvalue weighted by atomic mass is 32.2. The van der Waals surface area contributed by atoms with Gasteiger partial charge in [0.15, 0.2) is 16.6 Å². The molecule has 2 aromatic heterocycles. The number of carboxylic acid groups (broad SMARTS) is 3. The third-order valence-electron chi connectivity index (χ3n) is 9.53. The molecule has 53 heavy (non-hydrogen) atoms. The molecule has 0 radical (unpaired) electrons. The molecule has 0 aliphatic carbocycles. The second-order valence-corrected chi connectivity index (χ2v) is 14.9. The third kappa shape index (κ3) is 7.55. The van der Waals surface area contributed by atoms with Gasteiger partial charge in [0.1, 0.15) is 35.0 Å². The summed E-state index contributed by atoms with van der Waals surface area (Å²) < 4.78 is 2.03. The van der Waals surface area contributed by atoms with Crippen LogP contribution in [0.5, 0.6) is 5.75 Å². The number of pyridine rings is 1. The number of carbonyl (C=O) groups excluding carboxylic acids is 3. The number of amides is 3. The number of fused-ring (bicyclic) bond motifs is 2. The Kier molecular flexibility index (Phi) is 10.5. The molecule has 282 valence electrons. The molecule has 22 heteroatoms. The maximum Gasteiger partial charge on any atom is 0.352 e. The first-order valence-corrected chi connectivity index (χ1v) is 18.3. The molecule has 2 saturated heterocycles. The fourth-order valence-corrected chi connectivity index (χ4v) is 8.78. The minimum absolute atomic E-state index is 0.0302. The van der Waals surface area contributed by atoms with Crippen molar-refractivity contribution in [2.45, 2.75) is 43.3 Å². The van der Waals surface area contributed by atoms with Crippen molar-refractivity contribution < 1.29 is 58.5 Å². The topological polar surface area (TPSA) is 284 Å². The van der Waals surface area contributed by atoms with E-state index < -0.39 is 70.6 Å². The van der Waals surface area contributed by atoms with Crippen LogP contribution in [0.3, 0.4) is 0 Å². The fraction of sp³-hybridized carbons (Fsp3) is 0.452. The van der Waals surface area contributed by atoms with Crippen LogP contribution >= 0.6 is 23.1 Å². The number of carbonyl (C=O) groups is 6. The lowest BCUT2D eigenvalue weighted by atomic mass is 10.0. The number of quaternary nitrogens is 1. The average Bonchev–Trinajstić information content (AvgIpc) is 3.75. The zero-order valence-electron chi connectivity index (χ0n) is 27.9. The van der Waals surface area contributed by atoms with E-state index in [0.717, 1.165) is 48.2 Å². The average molecular weight is 776 g/mol. The zero-order chi connectivity index (χ0) is 38.2. The largest absolute Gasteiger partial charge is 0.503 e. The number of likely N-dealkylation sites (tertiary alicyclic amines) is 1. The lowest BCUT2D eigenvalue weighted by Gasteiger charge is -2.50. The second-order valence-electron chi connectivity index (χ2n) is 12.9. The van der Waals surface area contributed by atoms with Gasteiger partial charge in [-0.1, -0.05) is 5.16 Å². The number of anilines is 1. The number of oxime groups is 1. The highest BCUT2D eigenvalue weighted by Gasteiger charge is 2.55. The zero-order valence-corrected chi connectivity index (χ0v) is 29.5. The Bertz CT molecular complexity index is 2000. The number of hydrogen-bond donors (Lipinski definition) is 6. The summed E-state index contributed by atoms with van der Waals surface area (Å²) in [5.41, 5.74) is 4.88. The number of aromatic nitrogens is 2. The van der Waals surface area contributed by atoms with Gasteiger partial charge in [-0.25, -0.2) is 14.6 Å². The SMILES string of the molecule is Nc1nc(/C(=N/OC(CC(=O)O)C(=O)O)C(=O)N[C@@H]2C(=O)N3C(C(=O)O)=C(C[N+]4(CCN5CCn6cc(O)c(=O)cc6C5=O)CCCC4)CS[C@H]23)cs1. The van der Waals surface area contributed by atoms with Gasteiger partial charge in [0, 0.05) is 48.7 Å². The van der Waals surface area contributed by atoms with Gasteiger partial charge >= 0.3 is 17.9 Å². The van der Waals surface area contributed by atoms with E-state index in [1.807, 2.05) is 0 Å². The van der Waals surface area contributed by atoms with Crippen molar-refractivity contribution in [3.05, 3.63) is 50.5 Å². The Labute approximate surface area is 307 Å². The molecule has 7 N–H and O–H groups in total. The van der Waals surface area contributed by atoms with Crippen LogP contribution in [0.15, 0.2) is 38.9 Å². The predicted molar refractivity (Wildman–Crippen MR) is 185 cm³/mol. The Morgan fingerprint density at radius 2 is 1.87 bits per heavy atom. The number of thiazole rings is 1. The number of nitrogens with zero attached hydrogens (tertiary/aromatic N) is 6. The summed E-state index contributed by atoms with van der Waals surface area (Å²) in [7, 11) is 0. The first kappa shape index (κ1) is 37.3. The maximum atomic E-state index is 13.5. The molecule has 6 heterocycles. The third-order valence-corrected chi connectivity index (χ3v) is 11.5. The molecule has 1 unspecified atom stereocenters. The highest BCUT2D eigenvalue weighted by molar-refractivity contribution is 8.00. The summed E-state index contributed by atoms with van der Waals surface area (Å²) in [4.78, 5) is 99.1. The van der Waals surface area contributed by atoms with Crippen molar-refractivity contribution in [2.24, 2.45) is 5.16 Å². The fourth-order valence-electron chi connectivity index (χ4n) is 6.90. The molecule has 4 aliphatic rings. The van der Waals surface area contributed by atoms with E-state index in [0.29, 0.717) is 42.8 Å². The van der Waals surface area contributed by atoms with Crippen molar-refractivity contribution >= 4 is 69.6 Å². The van der Waals surface area contributed by atoms with Gasteiger partial charge in [-0.2, -0.15) is 0 Å². The van der Waals surface area contributed by atoms with Crippen LogP contribution in [0, 0.1) is 0 Å². The number of aliphatic carboxylic acids is 3. The van der Waals surface area contributed by atoms with E-state index >= 15 is 0 Å². The van der Waals surface area contributed by atoms with Crippen LogP contribution in [0.2, 0.25) is 0 Å². The van der Waals surface area contributed by atoms with Crippen LogP contribution in [0.25, 0.3) is 0 Å². The van der Waals surface area contributed by atoms with Crippen LogP contribution < -0.4 is 16.5 Å². The number of nitrogen functional groups attached to an aromatic ring is 1. The summed E-state index contributed by atoms with van der Waals surface area (Å²) in [6.45, 7) is 3.37. The smallest absolute Gasteiger partial charge is 0.352 e. The van der Waals surface area contributed by atoms with Crippen LogP contribution in [0.1, 0.15) is 35.4 Å². The van der Waals surface area contributed by atoms with E-state index in [-0.39, 0.29) is 33.9 Å². The summed E-state index contributed by atoms with van der Waals surface area (Å²) in [6, 6.07) is -0.0760. The second kappa shape index (κ2) is 14.9. The van der Waals surface area contributed by atoms with Crippen molar-refractivity contribution in [1.29, 1.82) is 0 Å². The first-order valence-electron chi connectivity index (χ1n) is 16.4. The number of hydrogen-bond acceptors (Lipinski definition) is 14. The standard InChI is InChI=1S/C31H34N8O12S2/c32-31-33-16(14-53-31)22(35-51-20(29(47)48)10-21(42)43)25(44)34-23-27(46)38-24(30(49)50)15(13-52-28(23)38)12-39(6-1-2-7-39)8-5-36-3-4-37-11-19(41)18(40)9-17(37)26(36)45/h9,11,14,20,23,28H,1-8,10,12-13H2,(H6-,32,33,34,41,42,43,44,47,48,49,50)/p+1/b35-22-/t20?,23-,28-/m1/s1. The predicted octanol–water partition coefficient (Wildman–Crippen LogP) is -1.25. The molecule has 2 aromatic rings. The molecule has 0 saturated carbocycles. The van der Waals surface area contributed by atoms with Gasteiger partial charge in [-0.3, -0.25) is 28.9 Å². The van der Waals surface area contributed by atoms with E-state index in [9.17, 15) is 48.9 Å². The number of thioether (sulfide) groups is 1. The van der Waals surface area contributed by atoms with Crippen molar-refractivity contribution in [3.8, 4) is 5.75 Å². The molecule has 2 fully saturated rings. The lowest BCUT2D eigenvalue weighted by Crippen LogP contribution is -2.71. The Morgan fingerprint density at radius 1 is 1.13 bits per heavy atom. The quantitative estimate of drug-likeness (QED) is 0.0566. The van der Waals surface area contributed by atoms with Gasteiger partial charge in [0.05, 0.1) is 38.8 Å². The van der Waals surface area contributed by atoms with Crippen molar-refractivity contribution in [2.75, 3.05) is 50.8 Å². The summed E-state index contributed by atoms with van der Waals surface area (Å²) in [6.07, 6.45) is 0.114. The number of carboxylic acids is 3. The number of nitrogens with one attached hydrogen (secondary N) is 1. The van der Waals surface area contributed by atoms with Gasteiger partial charge in [0.2, 0.25) is 11.5 Å². The summed E-state index contributed by atoms with van der Waals surface area (Å²) in [5.74, 6) is -6.72. The Hall–Kier alpha value is -5.48. The number of nitrogens with two attached hydrogens (primary N) is 1. The highest BCUT2D eigenvalue weighted by Crippen LogP contribution is 2.41. The van der Waals surface area contributed by atoms with Gasteiger partial charge in [-0.15, -0.1) is 23.1 Å². The molecule has 6 rings (SSSR count). The normalized spacial score (nSPS) is 21.4. The van der Waals surface area contributed by atoms with E-state index in [1.165, 1.54) is 23.3 Å². The molecule has 3 atom stereocenters. The maximum absolute atomic E-state index is 13.5. The molecule has 0 spiro atoms. The van der Waals surface area contributed by atoms with Gasteiger partial charge in [-0.05, 0) is 0 Å². The molecule has 0 aromatic carbocycles. The van der Waals surface area contributed by atoms with E-state index in [1.54, 1.807) is 9.47 Å². The van der Waals surface area contributed by atoms with Crippen molar-refractivity contribution in [3.63, 3.8) is 0 Å². The molecule has 3 amide bonds. The monoisotopic (exact) mass is 775 g/mol. The summed E-state index contributed by atoms with van der Waals surface area (Å²) >= 11 is 2.19. The number of aromatic hydroxyl groups is 1.